The highest BCUT2D eigenvalue weighted by atomic mass is 16.2. The summed E-state index contributed by atoms with van der Waals surface area (Å²) in [5, 5.41) is 2.35. The third-order valence-corrected chi connectivity index (χ3v) is 5.71. The zero-order valence-corrected chi connectivity index (χ0v) is 15.6. The van der Waals surface area contributed by atoms with Crippen molar-refractivity contribution in [1.82, 2.24) is 14.5 Å². The molecule has 1 saturated carbocycles. The minimum Gasteiger partial charge on any atom is -0.307 e. The molecule has 1 aromatic heterocycles. The van der Waals surface area contributed by atoms with Gasteiger partial charge in [0.2, 0.25) is 11.8 Å². The van der Waals surface area contributed by atoms with Gasteiger partial charge in [-0.1, -0.05) is 25.3 Å². The number of amides is 2. The molecular weight excluding hydrogens is 346 g/mol. The maximum Gasteiger partial charge on any atom is 0.329 e. The predicted molar refractivity (Wildman–Crippen MR) is 102 cm³/mol. The van der Waals surface area contributed by atoms with Gasteiger partial charge in [-0.25, -0.2) is 4.79 Å². The lowest BCUT2D eigenvalue weighted by atomic mass is 9.84. The van der Waals surface area contributed by atoms with Crippen LogP contribution in [0.3, 0.4) is 0 Å². The first kappa shape index (κ1) is 19.1. The van der Waals surface area contributed by atoms with Crippen LogP contribution in [0.25, 0.3) is 11.0 Å². The average molecular weight is 371 g/mol. The van der Waals surface area contributed by atoms with E-state index < -0.39 is 6.04 Å². The van der Waals surface area contributed by atoms with Crippen molar-refractivity contribution in [3.8, 4) is 0 Å². The fourth-order valence-corrected chi connectivity index (χ4v) is 4.30. The summed E-state index contributed by atoms with van der Waals surface area (Å²) in [5.41, 5.74) is 2.70. The van der Waals surface area contributed by atoms with Crippen LogP contribution in [0.15, 0.2) is 23.0 Å². The summed E-state index contributed by atoms with van der Waals surface area (Å²) in [6, 6.07) is 5.55. The van der Waals surface area contributed by atoms with Crippen LogP contribution in [0.2, 0.25) is 0 Å². The Morgan fingerprint density at radius 2 is 1.70 bits per heavy atom. The molecule has 1 atom stereocenters. The standard InChI is InChI=1S/C19H23N3O3.CH2O/c1-21-16-11-13(12-5-3-2-4-6-12)7-8-14(16)22(19(21)25)15-9-10-17(23)20-18(15)24;1-2/h7-8,11-12,15H,2-6,9-10H2,1H3,(H,20,23,24);1H2. The number of fused-ring (bicyclic) bond motifs is 1. The lowest BCUT2D eigenvalue weighted by Crippen LogP contribution is -2.44. The van der Waals surface area contributed by atoms with E-state index in [4.69, 9.17) is 4.79 Å². The van der Waals surface area contributed by atoms with Gasteiger partial charge in [0, 0.05) is 13.5 Å². The van der Waals surface area contributed by atoms with Gasteiger partial charge in [0.1, 0.15) is 12.8 Å². The SMILES string of the molecule is C=O.Cn1c(=O)n(C2CCC(=O)NC2=O)c2ccc(C3CCCCC3)cc21. The van der Waals surface area contributed by atoms with Gasteiger partial charge in [-0.15, -0.1) is 0 Å². The number of rotatable bonds is 2. The zero-order chi connectivity index (χ0) is 19.6. The van der Waals surface area contributed by atoms with Gasteiger partial charge >= 0.3 is 5.69 Å². The van der Waals surface area contributed by atoms with Gasteiger partial charge in [-0.05, 0) is 42.9 Å². The maximum absolute atomic E-state index is 12.8. The first-order valence-electron chi connectivity index (χ1n) is 9.39. The Morgan fingerprint density at radius 1 is 1.00 bits per heavy atom. The average Bonchev–Trinajstić information content (AvgIpc) is 2.95. The first-order valence-corrected chi connectivity index (χ1v) is 9.39. The normalized spacial score (nSPS) is 20.9. The molecule has 2 heterocycles. The fourth-order valence-electron chi connectivity index (χ4n) is 4.30. The Balaban J connectivity index is 0.00000102. The minimum atomic E-state index is -0.616. The number of imidazole rings is 1. The first-order chi connectivity index (χ1) is 13.1. The topological polar surface area (TPSA) is 90.2 Å². The van der Waals surface area contributed by atoms with Crippen molar-refractivity contribution in [2.24, 2.45) is 7.05 Å². The van der Waals surface area contributed by atoms with Crippen LogP contribution in [0.5, 0.6) is 0 Å². The Bertz CT molecular complexity index is 921. The molecule has 144 valence electrons. The Kier molecular flexibility index (Phi) is 5.58. The molecule has 2 aromatic rings. The number of hydrogen-bond acceptors (Lipinski definition) is 4. The van der Waals surface area contributed by atoms with Crippen LogP contribution in [0.4, 0.5) is 0 Å². The highest BCUT2D eigenvalue weighted by molar-refractivity contribution is 6.00. The molecular formula is C20H25N3O4. The summed E-state index contributed by atoms with van der Waals surface area (Å²) in [5.74, 6) is -0.0940. The number of aromatic nitrogens is 2. The van der Waals surface area contributed by atoms with E-state index in [1.807, 2.05) is 12.9 Å². The molecule has 1 N–H and O–H groups in total. The molecule has 7 heteroatoms. The lowest BCUT2D eigenvalue weighted by molar-refractivity contribution is -0.135. The molecule has 0 radical (unpaired) electrons. The molecule has 0 spiro atoms. The molecule has 4 rings (SSSR count). The summed E-state index contributed by atoms with van der Waals surface area (Å²) in [7, 11) is 1.75. The van der Waals surface area contributed by atoms with Crippen molar-refractivity contribution in [2.75, 3.05) is 0 Å². The summed E-state index contributed by atoms with van der Waals surface area (Å²) in [6.07, 6.45) is 6.87. The van der Waals surface area contributed by atoms with E-state index >= 15 is 0 Å². The molecule has 27 heavy (non-hydrogen) atoms. The number of imide groups is 1. The number of aryl methyl sites for hydroxylation is 1. The van der Waals surface area contributed by atoms with E-state index in [0.29, 0.717) is 12.3 Å². The van der Waals surface area contributed by atoms with Gasteiger partial charge in [0.05, 0.1) is 11.0 Å². The number of hydrogen-bond donors (Lipinski definition) is 1. The number of carbonyl (C=O) groups is 3. The van der Waals surface area contributed by atoms with Gasteiger partial charge in [0.15, 0.2) is 0 Å². The molecule has 1 aliphatic heterocycles. The summed E-state index contributed by atoms with van der Waals surface area (Å²) in [6.45, 7) is 2.00. The molecule has 1 unspecified atom stereocenters. The number of piperidine rings is 1. The molecule has 2 aliphatic rings. The molecule has 7 nitrogen and oxygen atoms in total. The predicted octanol–water partition coefficient (Wildman–Crippen LogP) is 2.18. The van der Waals surface area contributed by atoms with E-state index in [1.165, 1.54) is 37.7 Å². The molecule has 1 saturated heterocycles. The van der Waals surface area contributed by atoms with Gasteiger partial charge in [-0.3, -0.25) is 24.0 Å². The summed E-state index contributed by atoms with van der Waals surface area (Å²) >= 11 is 0. The van der Waals surface area contributed by atoms with Crippen LogP contribution in [0.1, 0.15) is 62.5 Å². The smallest absolute Gasteiger partial charge is 0.307 e. The van der Waals surface area contributed by atoms with Crippen LogP contribution in [-0.2, 0) is 21.4 Å². The van der Waals surface area contributed by atoms with Crippen molar-refractivity contribution in [3.05, 3.63) is 34.2 Å². The number of benzene rings is 1. The second kappa shape index (κ2) is 7.90. The van der Waals surface area contributed by atoms with Crippen molar-refractivity contribution in [2.45, 2.75) is 56.9 Å². The highest BCUT2D eigenvalue weighted by Gasteiger charge is 2.31. The lowest BCUT2D eigenvalue weighted by Gasteiger charge is -2.23. The third-order valence-electron chi connectivity index (χ3n) is 5.71. The molecule has 1 aromatic carbocycles. The Labute approximate surface area is 157 Å². The van der Waals surface area contributed by atoms with Crippen molar-refractivity contribution in [3.63, 3.8) is 0 Å². The maximum atomic E-state index is 12.8. The van der Waals surface area contributed by atoms with E-state index in [9.17, 15) is 14.4 Å². The van der Waals surface area contributed by atoms with E-state index in [0.717, 1.165) is 11.0 Å². The molecule has 1 aliphatic carbocycles. The number of carbonyl (C=O) groups excluding carboxylic acids is 3. The van der Waals surface area contributed by atoms with Gasteiger partial charge in [0.25, 0.3) is 0 Å². The van der Waals surface area contributed by atoms with E-state index in [1.54, 1.807) is 16.2 Å². The Morgan fingerprint density at radius 3 is 2.37 bits per heavy atom. The van der Waals surface area contributed by atoms with Gasteiger partial charge in [-0.2, -0.15) is 0 Å². The van der Waals surface area contributed by atoms with Crippen LogP contribution >= 0.6 is 0 Å². The van der Waals surface area contributed by atoms with E-state index in [2.05, 4.69) is 17.4 Å². The molecule has 2 fully saturated rings. The molecule has 2 amide bonds. The third kappa shape index (κ3) is 3.46. The summed E-state index contributed by atoms with van der Waals surface area (Å²) in [4.78, 5) is 44.4. The van der Waals surface area contributed by atoms with Crippen molar-refractivity contribution in [1.29, 1.82) is 0 Å². The highest BCUT2D eigenvalue weighted by Crippen LogP contribution is 2.34. The minimum absolute atomic E-state index is 0.203. The number of nitrogens with zero attached hydrogens (tertiary/aromatic N) is 2. The van der Waals surface area contributed by atoms with Crippen LogP contribution in [0, 0.1) is 0 Å². The monoisotopic (exact) mass is 371 g/mol. The van der Waals surface area contributed by atoms with Crippen molar-refractivity contribution < 1.29 is 14.4 Å². The second-order valence-corrected chi connectivity index (χ2v) is 7.26. The van der Waals surface area contributed by atoms with Crippen LogP contribution < -0.4 is 11.0 Å². The summed E-state index contributed by atoms with van der Waals surface area (Å²) < 4.78 is 3.16. The second-order valence-electron chi connectivity index (χ2n) is 7.26. The Hall–Kier alpha value is -2.70. The number of nitrogens with one attached hydrogen (secondary N) is 1. The fraction of sp³-hybridized carbons (Fsp3) is 0.500. The quantitative estimate of drug-likeness (QED) is 0.819. The van der Waals surface area contributed by atoms with E-state index in [-0.39, 0.29) is 23.9 Å². The van der Waals surface area contributed by atoms with Crippen molar-refractivity contribution >= 4 is 29.6 Å². The van der Waals surface area contributed by atoms with Gasteiger partial charge < -0.3 is 4.79 Å². The largest absolute Gasteiger partial charge is 0.329 e. The van der Waals surface area contributed by atoms with Crippen LogP contribution in [-0.4, -0.2) is 27.7 Å². The zero-order valence-electron chi connectivity index (χ0n) is 15.6. The molecule has 0 bridgehead atoms.